The van der Waals surface area contributed by atoms with Gasteiger partial charge in [0.05, 0.1) is 23.6 Å². The number of hydrogen-bond donors (Lipinski definition) is 1. The van der Waals surface area contributed by atoms with Crippen LogP contribution in [0.25, 0.3) is 5.69 Å². The van der Waals surface area contributed by atoms with Crippen LogP contribution in [0.5, 0.6) is 0 Å². The Morgan fingerprint density at radius 2 is 1.73 bits per heavy atom. The number of amides is 2. The van der Waals surface area contributed by atoms with Crippen molar-refractivity contribution < 1.29 is 19.1 Å². The fraction of sp³-hybridized carbons (Fsp3) is 0.320. The monoisotopic (exact) mass is 448 g/mol. The number of ether oxygens (including phenoxy) is 2. The maximum Gasteiger partial charge on any atom is 0.412 e. The molecule has 0 saturated carbocycles. The van der Waals surface area contributed by atoms with Crippen LogP contribution >= 0.6 is 0 Å². The molecule has 33 heavy (non-hydrogen) atoms. The Hall–Kier alpha value is -3.81. The second-order valence-corrected chi connectivity index (χ2v) is 8.87. The molecule has 3 aromatic rings. The summed E-state index contributed by atoms with van der Waals surface area (Å²) in [6.07, 6.45) is 1.47. The summed E-state index contributed by atoms with van der Waals surface area (Å²) < 4.78 is 12.6. The molecule has 1 atom stereocenters. The second-order valence-electron chi connectivity index (χ2n) is 8.87. The van der Waals surface area contributed by atoms with Crippen molar-refractivity contribution in [1.29, 1.82) is 0 Å². The van der Waals surface area contributed by atoms with Crippen LogP contribution in [0.3, 0.4) is 0 Å². The first-order valence-electron chi connectivity index (χ1n) is 10.9. The van der Waals surface area contributed by atoms with E-state index in [0.29, 0.717) is 17.9 Å². The van der Waals surface area contributed by atoms with Crippen LogP contribution in [0, 0.1) is 0 Å². The maximum absolute atomic E-state index is 12.7. The first kappa shape index (κ1) is 22.4. The van der Waals surface area contributed by atoms with Crippen molar-refractivity contribution in [2.24, 2.45) is 0 Å². The molecule has 172 valence electrons. The molecule has 0 spiro atoms. The van der Waals surface area contributed by atoms with Crippen molar-refractivity contribution in [1.82, 2.24) is 14.7 Å². The number of anilines is 1. The molecule has 8 nitrogen and oxygen atoms in total. The quantitative estimate of drug-likeness (QED) is 0.572. The molecule has 0 aliphatic carbocycles. The normalized spacial score (nSPS) is 15.5. The molecule has 1 N–H and O–H groups in total. The Morgan fingerprint density at radius 1 is 1.06 bits per heavy atom. The summed E-state index contributed by atoms with van der Waals surface area (Å²) in [5.74, 6) is 0. The van der Waals surface area contributed by atoms with Crippen LogP contribution < -0.4 is 5.32 Å². The first-order valence-corrected chi connectivity index (χ1v) is 10.9. The Labute approximate surface area is 193 Å². The van der Waals surface area contributed by atoms with E-state index in [1.165, 1.54) is 0 Å². The summed E-state index contributed by atoms with van der Waals surface area (Å²) in [5, 5.41) is 7.50. The Kier molecular flexibility index (Phi) is 6.35. The van der Waals surface area contributed by atoms with Crippen molar-refractivity contribution in [2.45, 2.75) is 45.4 Å². The number of nitrogens with zero attached hydrogens (tertiary/aromatic N) is 3. The van der Waals surface area contributed by atoms with Gasteiger partial charge in [-0.2, -0.15) is 5.10 Å². The van der Waals surface area contributed by atoms with Crippen LogP contribution in [0.1, 0.15) is 44.5 Å². The molecular weight excluding hydrogens is 420 g/mol. The first-order chi connectivity index (χ1) is 15.8. The van der Waals surface area contributed by atoms with Crippen molar-refractivity contribution in [2.75, 3.05) is 11.9 Å². The number of carbonyl (C=O) groups excluding carboxylic acids is 2. The summed E-state index contributed by atoms with van der Waals surface area (Å²) in [7, 11) is 0. The average molecular weight is 449 g/mol. The molecule has 8 heteroatoms. The minimum absolute atomic E-state index is 0.155. The number of aromatic nitrogens is 2. The van der Waals surface area contributed by atoms with E-state index in [1.807, 2.05) is 81.4 Å². The van der Waals surface area contributed by atoms with Gasteiger partial charge in [0.2, 0.25) is 0 Å². The third kappa shape index (κ3) is 5.52. The summed E-state index contributed by atoms with van der Waals surface area (Å²) in [6, 6.07) is 18.7. The Balaban J connectivity index is 1.54. The summed E-state index contributed by atoms with van der Waals surface area (Å²) in [5.41, 5.74) is 2.22. The number of benzene rings is 2. The lowest BCUT2D eigenvalue weighted by molar-refractivity contribution is -0.00644. The fourth-order valence-electron chi connectivity index (χ4n) is 3.52. The number of carbonyl (C=O) groups is 2. The maximum atomic E-state index is 12.7. The number of rotatable bonds is 5. The highest BCUT2D eigenvalue weighted by Gasteiger charge is 2.39. The van der Waals surface area contributed by atoms with Gasteiger partial charge in [0.1, 0.15) is 17.9 Å². The average Bonchev–Trinajstić information content (AvgIpc) is 3.14. The molecule has 1 unspecified atom stereocenters. The van der Waals surface area contributed by atoms with E-state index < -0.39 is 17.8 Å². The topological polar surface area (TPSA) is 85.7 Å². The highest BCUT2D eigenvalue weighted by molar-refractivity contribution is 5.85. The van der Waals surface area contributed by atoms with E-state index in [2.05, 4.69) is 5.32 Å². The predicted molar refractivity (Wildman–Crippen MR) is 124 cm³/mol. The van der Waals surface area contributed by atoms with E-state index in [4.69, 9.17) is 14.6 Å². The summed E-state index contributed by atoms with van der Waals surface area (Å²) in [6.45, 7) is 6.22. The molecule has 1 aromatic heterocycles. The smallest absolute Gasteiger partial charge is 0.412 e. The van der Waals surface area contributed by atoms with Gasteiger partial charge in [-0.25, -0.2) is 14.3 Å². The van der Waals surface area contributed by atoms with Crippen LogP contribution in [0.4, 0.5) is 15.3 Å². The van der Waals surface area contributed by atoms with Gasteiger partial charge in [-0.3, -0.25) is 10.2 Å². The van der Waals surface area contributed by atoms with Gasteiger partial charge in [0, 0.05) is 6.54 Å². The lowest BCUT2D eigenvalue weighted by Crippen LogP contribution is -2.47. The zero-order valence-corrected chi connectivity index (χ0v) is 19.0. The van der Waals surface area contributed by atoms with Crippen molar-refractivity contribution in [3.8, 4) is 5.69 Å². The Morgan fingerprint density at radius 3 is 2.33 bits per heavy atom. The SMILES string of the molecule is CC(C)(C)OC(=O)N1CCC1c1nn(-c2ccccc2)cc1NC(=O)OCc1ccccc1. The third-order valence-corrected chi connectivity index (χ3v) is 5.18. The molecule has 2 amide bonds. The van der Waals surface area contributed by atoms with Crippen LogP contribution in [0.2, 0.25) is 0 Å². The van der Waals surface area contributed by atoms with Crippen molar-refractivity contribution in [3.05, 3.63) is 78.1 Å². The second kappa shape index (κ2) is 9.36. The molecule has 2 heterocycles. The third-order valence-electron chi connectivity index (χ3n) is 5.18. The molecule has 0 radical (unpaired) electrons. The molecule has 4 rings (SSSR count). The van der Waals surface area contributed by atoms with Gasteiger partial charge in [-0.1, -0.05) is 48.5 Å². The molecular formula is C25H28N4O4. The fourth-order valence-corrected chi connectivity index (χ4v) is 3.52. The van der Waals surface area contributed by atoms with Crippen LogP contribution in [-0.4, -0.2) is 39.0 Å². The lowest BCUT2D eigenvalue weighted by atomic mass is 9.99. The molecule has 2 aromatic carbocycles. The van der Waals surface area contributed by atoms with Gasteiger partial charge >= 0.3 is 12.2 Å². The van der Waals surface area contributed by atoms with E-state index >= 15 is 0 Å². The van der Waals surface area contributed by atoms with Crippen molar-refractivity contribution >= 4 is 17.9 Å². The number of likely N-dealkylation sites (tertiary alicyclic amines) is 1. The molecule has 1 saturated heterocycles. The molecule has 1 aliphatic heterocycles. The largest absolute Gasteiger partial charge is 0.444 e. The van der Waals surface area contributed by atoms with E-state index in [9.17, 15) is 9.59 Å². The highest BCUT2D eigenvalue weighted by atomic mass is 16.6. The predicted octanol–water partition coefficient (Wildman–Crippen LogP) is 5.30. The number of hydrogen-bond acceptors (Lipinski definition) is 5. The van der Waals surface area contributed by atoms with Gasteiger partial charge in [-0.15, -0.1) is 0 Å². The molecule has 1 fully saturated rings. The summed E-state index contributed by atoms with van der Waals surface area (Å²) in [4.78, 5) is 26.8. The van der Waals surface area contributed by atoms with E-state index in [1.54, 1.807) is 15.8 Å². The van der Waals surface area contributed by atoms with Crippen LogP contribution in [-0.2, 0) is 16.1 Å². The highest BCUT2D eigenvalue weighted by Crippen LogP contribution is 2.38. The lowest BCUT2D eigenvalue weighted by Gasteiger charge is -2.40. The summed E-state index contributed by atoms with van der Waals surface area (Å²) >= 11 is 0. The Bertz CT molecular complexity index is 1110. The zero-order chi connectivity index (χ0) is 23.4. The van der Waals surface area contributed by atoms with Gasteiger partial charge in [-0.05, 0) is 44.9 Å². The van der Waals surface area contributed by atoms with Gasteiger partial charge < -0.3 is 9.47 Å². The number of para-hydroxylation sites is 1. The van der Waals surface area contributed by atoms with Crippen molar-refractivity contribution in [3.63, 3.8) is 0 Å². The van der Waals surface area contributed by atoms with Gasteiger partial charge in [0.25, 0.3) is 0 Å². The molecule has 0 bridgehead atoms. The van der Waals surface area contributed by atoms with E-state index in [0.717, 1.165) is 17.7 Å². The number of nitrogens with one attached hydrogen (secondary N) is 1. The standard InChI is InChI=1S/C25H28N4O4/c1-25(2,3)33-24(31)28-15-14-21(28)22-20(16-29(27-22)19-12-8-5-9-13-19)26-23(30)32-17-18-10-6-4-7-11-18/h4-13,16,21H,14-15,17H2,1-3H3,(H,26,30). The molecule has 1 aliphatic rings. The van der Waals surface area contributed by atoms with E-state index in [-0.39, 0.29) is 12.6 Å². The minimum atomic E-state index is -0.594. The zero-order valence-electron chi connectivity index (χ0n) is 19.0. The van der Waals surface area contributed by atoms with Gasteiger partial charge in [0.15, 0.2) is 0 Å². The van der Waals surface area contributed by atoms with Crippen LogP contribution in [0.15, 0.2) is 66.9 Å². The minimum Gasteiger partial charge on any atom is -0.444 e.